The molecule has 1 aliphatic rings. The molecule has 0 radical (unpaired) electrons. The first-order valence-corrected chi connectivity index (χ1v) is 11.6. The number of methoxy groups -OCH3 is 1. The normalized spacial score (nSPS) is 15.7. The molecule has 0 saturated carbocycles. The molecular formula is C22H25N7O2S. The number of carbonyl (C=O) groups excluding carboxylic acids is 1. The van der Waals surface area contributed by atoms with E-state index in [0.29, 0.717) is 17.2 Å². The molecular weight excluding hydrogens is 426 g/mol. The highest BCUT2D eigenvalue weighted by atomic mass is 32.1. The summed E-state index contributed by atoms with van der Waals surface area (Å²) in [5.41, 5.74) is 2.62. The van der Waals surface area contributed by atoms with Crippen LogP contribution in [0.5, 0.6) is 5.88 Å². The largest absolute Gasteiger partial charge is 0.479 e. The Bertz CT molecular complexity index is 1300. The van der Waals surface area contributed by atoms with E-state index in [9.17, 15) is 4.79 Å². The van der Waals surface area contributed by atoms with E-state index in [1.807, 2.05) is 18.0 Å². The third-order valence-electron chi connectivity index (χ3n) is 5.97. The van der Waals surface area contributed by atoms with Crippen LogP contribution in [0.1, 0.15) is 30.2 Å². The van der Waals surface area contributed by atoms with Gasteiger partial charge in [0.05, 0.1) is 18.7 Å². The lowest BCUT2D eigenvalue weighted by Gasteiger charge is -2.26. The standard InChI is InChI=1S/C22H25N7O2S/c1-4-7-29(2)22(30)12-5-6-14-16(9-12)32-21-17(14)19(23-11-24-21)26-15-8-13-10-25-28-18(13)27-20(15)31-3/h8,10-12H,4-7,9H2,1-3H3,(H,23,24,26)(H,25,27,28). The van der Waals surface area contributed by atoms with Gasteiger partial charge >= 0.3 is 0 Å². The number of hydrogen-bond donors (Lipinski definition) is 2. The van der Waals surface area contributed by atoms with E-state index in [1.165, 1.54) is 10.4 Å². The molecule has 0 aromatic carbocycles. The first-order chi connectivity index (χ1) is 15.6. The number of ether oxygens (including phenoxy) is 1. The topological polar surface area (TPSA) is 109 Å². The minimum absolute atomic E-state index is 0.0317. The quantitative estimate of drug-likeness (QED) is 0.460. The van der Waals surface area contributed by atoms with Crippen molar-refractivity contribution in [3.05, 3.63) is 29.0 Å². The molecule has 0 spiro atoms. The van der Waals surface area contributed by atoms with Crippen molar-refractivity contribution in [2.24, 2.45) is 5.92 Å². The van der Waals surface area contributed by atoms with Gasteiger partial charge in [-0.3, -0.25) is 9.89 Å². The Labute approximate surface area is 189 Å². The number of fused-ring (bicyclic) bond motifs is 4. The number of amides is 1. The zero-order chi connectivity index (χ0) is 22.2. The number of nitrogens with zero attached hydrogens (tertiary/aromatic N) is 5. The van der Waals surface area contributed by atoms with Crippen LogP contribution in [0.2, 0.25) is 0 Å². The molecule has 4 aromatic heterocycles. The molecule has 5 rings (SSSR count). The molecule has 4 heterocycles. The lowest BCUT2D eigenvalue weighted by Crippen LogP contribution is -2.35. The van der Waals surface area contributed by atoms with Crippen LogP contribution in [0.15, 0.2) is 18.6 Å². The van der Waals surface area contributed by atoms with Gasteiger partial charge in [-0.1, -0.05) is 6.92 Å². The van der Waals surface area contributed by atoms with Crippen molar-refractivity contribution in [1.29, 1.82) is 0 Å². The average Bonchev–Trinajstić information content (AvgIpc) is 3.41. The predicted molar refractivity (Wildman–Crippen MR) is 125 cm³/mol. The highest BCUT2D eigenvalue weighted by Gasteiger charge is 2.30. The van der Waals surface area contributed by atoms with E-state index < -0.39 is 0 Å². The van der Waals surface area contributed by atoms with Gasteiger partial charge in [-0.05, 0) is 37.3 Å². The van der Waals surface area contributed by atoms with Crippen molar-refractivity contribution in [1.82, 2.24) is 30.0 Å². The summed E-state index contributed by atoms with van der Waals surface area (Å²) in [4.78, 5) is 30.4. The Morgan fingerprint density at radius 3 is 3.09 bits per heavy atom. The molecule has 32 heavy (non-hydrogen) atoms. The molecule has 0 fully saturated rings. The fraction of sp³-hybridized carbons (Fsp3) is 0.409. The number of thiophene rings is 1. The van der Waals surface area contributed by atoms with Crippen LogP contribution in [0, 0.1) is 5.92 Å². The first-order valence-electron chi connectivity index (χ1n) is 10.7. The molecule has 0 saturated heterocycles. The summed E-state index contributed by atoms with van der Waals surface area (Å²) in [6, 6.07) is 1.94. The van der Waals surface area contributed by atoms with Crippen LogP contribution in [0.4, 0.5) is 11.5 Å². The Morgan fingerprint density at radius 2 is 2.28 bits per heavy atom. The van der Waals surface area contributed by atoms with Crippen LogP contribution in [0.3, 0.4) is 0 Å². The summed E-state index contributed by atoms with van der Waals surface area (Å²) in [6.45, 7) is 2.89. The summed E-state index contributed by atoms with van der Waals surface area (Å²) in [5, 5.41) is 12.2. The van der Waals surface area contributed by atoms with Crippen LogP contribution in [-0.4, -0.2) is 56.7 Å². The van der Waals surface area contributed by atoms with Crippen molar-refractivity contribution in [2.45, 2.75) is 32.6 Å². The zero-order valence-electron chi connectivity index (χ0n) is 18.3. The third-order valence-corrected chi connectivity index (χ3v) is 7.13. The minimum Gasteiger partial charge on any atom is -0.479 e. The summed E-state index contributed by atoms with van der Waals surface area (Å²) in [7, 11) is 3.49. The van der Waals surface area contributed by atoms with Crippen LogP contribution >= 0.6 is 11.3 Å². The number of H-pyrrole nitrogens is 1. The lowest BCUT2D eigenvalue weighted by molar-refractivity contribution is -0.134. The monoisotopic (exact) mass is 451 g/mol. The number of rotatable bonds is 6. The number of aromatic nitrogens is 5. The van der Waals surface area contributed by atoms with Crippen molar-refractivity contribution < 1.29 is 9.53 Å². The summed E-state index contributed by atoms with van der Waals surface area (Å²) in [5.74, 6) is 1.46. The average molecular weight is 452 g/mol. The fourth-order valence-corrected chi connectivity index (χ4v) is 5.68. The van der Waals surface area contributed by atoms with Crippen molar-refractivity contribution >= 4 is 50.0 Å². The second-order valence-corrected chi connectivity index (χ2v) is 9.17. The Kier molecular flexibility index (Phi) is 5.38. The number of pyridine rings is 1. The number of aromatic amines is 1. The predicted octanol–water partition coefficient (Wildman–Crippen LogP) is 3.69. The van der Waals surface area contributed by atoms with E-state index in [2.05, 4.69) is 37.4 Å². The molecule has 4 aromatic rings. The van der Waals surface area contributed by atoms with E-state index >= 15 is 0 Å². The molecule has 2 N–H and O–H groups in total. The van der Waals surface area contributed by atoms with E-state index in [-0.39, 0.29) is 11.8 Å². The molecule has 1 unspecified atom stereocenters. The van der Waals surface area contributed by atoms with Gasteiger partial charge in [-0.2, -0.15) is 10.1 Å². The maximum Gasteiger partial charge on any atom is 0.239 e. The van der Waals surface area contributed by atoms with Gasteiger partial charge in [-0.15, -0.1) is 11.3 Å². The molecule has 166 valence electrons. The molecule has 1 amide bonds. The zero-order valence-corrected chi connectivity index (χ0v) is 19.1. The minimum atomic E-state index is 0.0317. The highest BCUT2D eigenvalue weighted by molar-refractivity contribution is 7.19. The van der Waals surface area contributed by atoms with Gasteiger partial charge in [0.15, 0.2) is 5.65 Å². The maximum atomic E-state index is 12.8. The number of anilines is 2. The summed E-state index contributed by atoms with van der Waals surface area (Å²) in [6.07, 6.45) is 6.70. The van der Waals surface area contributed by atoms with Gasteiger partial charge in [-0.25, -0.2) is 9.97 Å². The van der Waals surface area contributed by atoms with Crippen LogP contribution < -0.4 is 10.1 Å². The maximum absolute atomic E-state index is 12.8. The number of nitrogens with one attached hydrogen (secondary N) is 2. The molecule has 1 atom stereocenters. The summed E-state index contributed by atoms with van der Waals surface area (Å²) >= 11 is 1.66. The van der Waals surface area contributed by atoms with E-state index in [1.54, 1.807) is 31.0 Å². The molecule has 10 heteroatoms. The Balaban J connectivity index is 1.49. The van der Waals surface area contributed by atoms with Crippen molar-refractivity contribution in [2.75, 3.05) is 26.0 Å². The third kappa shape index (κ3) is 3.54. The molecule has 1 aliphatic carbocycles. The van der Waals surface area contributed by atoms with Crippen molar-refractivity contribution in [3.8, 4) is 5.88 Å². The number of hydrogen-bond acceptors (Lipinski definition) is 8. The van der Waals surface area contributed by atoms with Gasteiger partial charge in [0.2, 0.25) is 11.8 Å². The van der Waals surface area contributed by atoms with E-state index in [0.717, 1.165) is 53.6 Å². The van der Waals surface area contributed by atoms with Crippen LogP contribution in [-0.2, 0) is 17.6 Å². The lowest BCUT2D eigenvalue weighted by atomic mass is 9.87. The molecule has 0 aliphatic heterocycles. The number of aryl methyl sites for hydroxylation is 1. The van der Waals surface area contributed by atoms with Crippen molar-refractivity contribution in [3.63, 3.8) is 0 Å². The second kappa shape index (κ2) is 8.34. The van der Waals surface area contributed by atoms with Gasteiger partial charge in [0, 0.05) is 29.8 Å². The summed E-state index contributed by atoms with van der Waals surface area (Å²) < 4.78 is 5.48. The number of carbonyl (C=O) groups is 1. The van der Waals surface area contributed by atoms with E-state index in [4.69, 9.17) is 4.74 Å². The van der Waals surface area contributed by atoms with Gasteiger partial charge < -0.3 is 15.0 Å². The Morgan fingerprint density at radius 1 is 1.41 bits per heavy atom. The van der Waals surface area contributed by atoms with Gasteiger partial charge in [0.25, 0.3) is 0 Å². The smallest absolute Gasteiger partial charge is 0.239 e. The SMILES string of the molecule is CCCN(C)C(=O)C1CCc2c(sc3ncnc(Nc4cc5cn[nH]c5nc4OC)c23)C1. The fourth-order valence-electron chi connectivity index (χ4n) is 4.41. The van der Waals surface area contributed by atoms with Gasteiger partial charge in [0.1, 0.15) is 22.7 Å². The highest BCUT2D eigenvalue weighted by Crippen LogP contribution is 2.41. The van der Waals surface area contributed by atoms with Crippen LogP contribution in [0.25, 0.3) is 21.3 Å². The first kappa shape index (κ1) is 20.6. The molecule has 0 bridgehead atoms. The Hall–Kier alpha value is -3.27. The molecule has 9 nitrogen and oxygen atoms in total. The second-order valence-electron chi connectivity index (χ2n) is 8.08.